The third kappa shape index (κ3) is 8.08. The summed E-state index contributed by atoms with van der Waals surface area (Å²) in [6, 6.07) is 8.16. The van der Waals surface area contributed by atoms with Crippen LogP contribution >= 0.6 is 0 Å². The molecule has 3 aliphatic rings. The van der Waals surface area contributed by atoms with Crippen molar-refractivity contribution in [3.63, 3.8) is 0 Å². The molecule has 0 saturated carbocycles. The predicted octanol–water partition coefficient (Wildman–Crippen LogP) is 7.94. The fourth-order valence-corrected chi connectivity index (χ4v) is 8.91. The number of pyridine rings is 1. The topological polar surface area (TPSA) is 133 Å². The molecular formula is C43H50F2N6O5. The predicted molar refractivity (Wildman–Crippen MR) is 210 cm³/mol. The third-order valence-electron chi connectivity index (χ3n) is 11.6. The van der Waals surface area contributed by atoms with Crippen LogP contribution in [0.15, 0.2) is 30.3 Å². The molecule has 3 fully saturated rings. The summed E-state index contributed by atoms with van der Waals surface area (Å²) in [5.41, 5.74) is 7.37. The maximum atomic E-state index is 17.0. The Morgan fingerprint density at radius 2 is 1.84 bits per heavy atom. The van der Waals surface area contributed by atoms with Gasteiger partial charge < -0.3 is 24.8 Å². The van der Waals surface area contributed by atoms with Gasteiger partial charge in [0.1, 0.15) is 29.5 Å². The van der Waals surface area contributed by atoms with Crippen LogP contribution in [0.1, 0.15) is 95.7 Å². The van der Waals surface area contributed by atoms with Crippen LogP contribution in [0.3, 0.4) is 0 Å². The number of carbonyl (C=O) groups is 2. The number of nitrogens with two attached hydrogens (primary N) is 1. The number of benzene rings is 2. The van der Waals surface area contributed by atoms with Gasteiger partial charge >= 0.3 is 18.1 Å². The quantitative estimate of drug-likeness (QED) is 0.0861. The van der Waals surface area contributed by atoms with Gasteiger partial charge in [0.05, 0.1) is 22.2 Å². The minimum absolute atomic E-state index is 0.00159. The number of anilines is 1. The smallest absolute Gasteiger partial charge is 0.412 e. The number of halogens is 2. The van der Waals surface area contributed by atoms with Gasteiger partial charge in [-0.1, -0.05) is 43.5 Å². The molecule has 7 rings (SSSR count). The van der Waals surface area contributed by atoms with E-state index in [0.717, 1.165) is 64.5 Å². The van der Waals surface area contributed by atoms with E-state index < -0.39 is 30.0 Å². The van der Waals surface area contributed by atoms with E-state index >= 15 is 8.78 Å². The summed E-state index contributed by atoms with van der Waals surface area (Å²) < 4.78 is 49.0. The Balaban J connectivity index is 1.18. The van der Waals surface area contributed by atoms with Crippen LogP contribution in [0.25, 0.3) is 32.9 Å². The van der Waals surface area contributed by atoms with E-state index in [0.29, 0.717) is 66.4 Å². The lowest BCUT2D eigenvalue weighted by atomic mass is 9.94. The molecule has 3 saturated heterocycles. The molecule has 296 valence electrons. The van der Waals surface area contributed by atoms with Crippen LogP contribution in [0, 0.1) is 29.9 Å². The molecule has 5 heterocycles. The minimum atomic E-state index is -0.983. The van der Waals surface area contributed by atoms with Gasteiger partial charge in [0.25, 0.3) is 0 Å². The minimum Gasteiger partial charge on any atom is -0.461 e. The largest absolute Gasteiger partial charge is 0.461 e. The first-order valence-corrected chi connectivity index (χ1v) is 20.0. The summed E-state index contributed by atoms with van der Waals surface area (Å²) in [6.45, 7) is 6.88. The molecule has 13 heteroatoms. The molecule has 2 atom stereocenters. The van der Waals surface area contributed by atoms with E-state index in [-0.39, 0.29) is 46.5 Å². The Hall–Kier alpha value is -5.09. The average Bonchev–Trinajstić information content (AvgIpc) is 3.67. The SMILES string of the molecule is C#Cc1c(F)ccc2cccc(-c3nc(CCCC4CCCCN(C(=O)OC(C)OC(=O)CCC)C4)c4c(N)nc(OCC56CCCN5CCC6)nc4c3F)c12. The number of esters is 1. The van der Waals surface area contributed by atoms with Gasteiger partial charge in [-0.15, -0.1) is 6.42 Å². The summed E-state index contributed by atoms with van der Waals surface area (Å²) in [5, 5.41) is 1.33. The number of rotatable bonds is 12. The molecule has 1 amide bonds. The zero-order valence-electron chi connectivity index (χ0n) is 32.3. The number of nitrogen functional groups attached to an aromatic ring is 1. The molecule has 0 spiro atoms. The molecule has 0 radical (unpaired) electrons. The van der Waals surface area contributed by atoms with Crippen molar-refractivity contribution < 1.29 is 32.6 Å². The van der Waals surface area contributed by atoms with Gasteiger partial charge in [-0.2, -0.15) is 9.97 Å². The third-order valence-corrected chi connectivity index (χ3v) is 11.6. The summed E-state index contributed by atoms with van der Waals surface area (Å²) in [6.07, 6.45) is 13.9. The van der Waals surface area contributed by atoms with Crippen LogP contribution in [0.2, 0.25) is 0 Å². The molecular weight excluding hydrogens is 719 g/mol. The number of nitrogens with zero attached hydrogens (tertiary/aromatic N) is 5. The highest BCUT2D eigenvalue weighted by Crippen LogP contribution is 2.40. The van der Waals surface area contributed by atoms with Crippen molar-refractivity contribution in [1.82, 2.24) is 24.8 Å². The highest BCUT2D eigenvalue weighted by Gasteiger charge is 2.45. The van der Waals surface area contributed by atoms with Gasteiger partial charge in [0.2, 0.25) is 6.29 Å². The lowest BCUT2D eigenvalue weighted by Crippen LogP contribution is -2.43. The Morgan fingerprint density at radius 1 is 1.04 bits per heavy atom. The Morgan fingerprint density at radius 3 is 2.61 bits per heavy atom. The van der Waals surface area contributed by atoms with Gasteiger partial charge in [0, 0.05) is 37.4 Å². The number of hydrogen-bond acceptors (Lipinski definition) is 10. The normalized spacial score (nSPS) is 18.7. The van der Waals surface area contributed by atoms with Crippen LogP contribution < -0.4 is 10.5 Å². The number of likely N-dealkylation sites (tertiary alicyclic amines) is 1. The van der Waals surface area contributed by atoms with Crippen LogP contribution in [0.5, 0.6) is 6.01 Å². The van der Waals surface area contributed by atoms with Crippen LogP contribution in [0.4, 0.5) is 19.4 Å². The van der Waals surface area contributed by atoms with Crippen molar-refractivity contribution in [1.29, 1.82) is 0 Å². The lowest BCUT2D eigenvalue weighted by Gasteiger charge is -2.31. The lowest BCUT2D eigenvalue weighted by molar-refractivity contribution is -0.166. The summed E-state index contributed by atoms with van der Waals surface area (Å²) in [7, 11) is 0. The van der Waals surface area contributed by atoms with Gasteiger partial charge in [-0.25, -0.2) is 18.6 Å². The van der Waals surface area contributed by atoms with Crippen molar-refractivity contribution in [2.45, 2.75) is 103 Å². The Bertz CT molecular complexity index is 2150. The van der Waals surface area contributed by atoms with E-state index in [1.54, 1.807) is 36.1 Å². The van der Waals surface area contributed by atoms with E-state index in [9.17, 15) is 9.59 Å². The van der Waals surface area contributed by atoms with E-state index in [1.807, 2.05) is 6.92 Å². The van der Waals surface area contributed by atoms with Crippen molar-refractivity contribution in [2.75, 3.05) is 38.5 Å². The molecule has 0 aliphatic carbocycles. The van der Waals surface area contributed by atoms with E-state index in [4.69, 9.17) is 31.4 Å². The van der Waals surface area contributed by atoms with Crippen LogP contribution in [-0.2, 0) is 20.7 Å². The zero-order chi connectivity index (χ0) is 39.4. The number of aromatic nitrogens is 3. The van der Waals surface area contributed by atoms with Crippen molar-refractivity contribution in [3.05, 3.63) is 53.2 Å². The number of terminal acetylenes is 1. The fourth-order valence-electron chi connectivity index (χ4n) is 8.91. The number of carbonyl (C=O) groups excluding carboxylic acids is 2. The van der Waals surface area contributed by atoms with Gasteiger partial charge in [-0.05, 0) is 94.7 Å². The number of hydrogen-bond donors (Lipinski definition) is 1. The Kier molecular flexibility index (Phi) is 11.9. The molecule has 4 aromatic rings. The number of fused-ring (bicyclic) bond motifs is 3. The van der Waals surface area contributed by atoms with Gasteiger partial charge in [-0.3, -0.25) is 9.69 Å². The zero-order valence-corrected chi connectivity index (χ0v) is 32.3. The number of ether oxygens (including phenoxy) is 3. The monoisotopic (exact) mass is 768 g/mol. The van der Waals surface area contributed by atoms with E-state index in [2.05, 4.69) is 20.8 Å². The molecule has 0 bridgehead atoms. The van der Waals surface area contributed by atoms with E-state index in [1.165, 1.54) is 6.07 Å². The highest BCUT2D eigenvalue weighted by molar-refractivity contribution is 6.02. The molecule has 2 aromatic carbocycles. The second-order valence-electron chi connectivity index (χ2n) is 15.4. The molecule has 3 aliphatic heterocycles. The second-order valence-corrected chi connectivity index (χ2v) is 15.4. The maximum Gasteiger partial charge on any atom is 0.412 e. The average molecular weight is 769 g/mol. The van der Waals surface area contributed by atoms with Gasteiger partial charge in [0.15, 0.2) is 5.82 Å². The molecule has 11 nitrogen and oxygen atoms in total. The summed E-state index contributed by atoms with van der Waals surface area (Å²) in [4.78, 5) is 43.2. The maximum absolute atomic E-state index is 17.0. The van der Waals surface area contributed by atoms with Crippen molar-refractivity contribution >= 4 is 39.6 Å². The highest BCUT2D eigenvalue weighted by atomic mass is 19.1. The standard InChI is InChI=1S/C43H50F2N6O5/c1-4-12-34(52)55-27(3)56-42(53)50-22-7-6-13-28(25-50)14-8-17-33-36-39(48-41(49-40(36)46)54-26-43-20-10-23-51(43)24-11-21-43)37(45)38(47-33)31-16-9-15-29-18-19-32(44)30(5-2)35(29)31/h2,9,15-16,18-19,27-28H,4,6-8,10-14,17,20-26H2,1,3H3,(H2,46,48,49). The molecule has 2 aromatic heterocycles. The fraction of sp³-hybridized carbons (Fsp3) is 0.512. The van der Waals surface area contributed by atoms with Crippen molar-refractivity contribution in [2.24, 2.45) is 5.92 Å². The van der Waals surface area contributed by atoms with Crippen LogP contribution in [-0.4, -0.2) is 81.4 Å². The first-order valence-electron chi connectivity index (χ1n) is 20.0. The number of aryl methyl sites for hydroxylation is 1. The molecule has 2 N–H and O–H groups in total. The summed E-state index contributed by atoms with van der Waals surface area (Å²) >= 11 is 0. The molecule has 2 unspecified atom stereocenters. The first-order chi connectivity index (χ1) is 27.1. The molecule has 56 heavy (non-hydrogen) atoms. The van der Waals surface area contributed by atoms with Crippen molar-refractivity contribution in [3.8, 4) is 29.6 Å². The Labute approximate surface area is 326 Å². The number of amides is 1. The first kappa shape index (κ1) is 39.2. The second kappa shape index (κ2) is 17.0. The summed E-state index contributed by atoms with van der Waals surface area (Å²) in [5.74, 6) is 0.961.